The highest BCUT2D eigenvalue weighted by atomic mass is 32.2. The maximum atomic E-state index is 5.57. The van der Waals surface area contributed by atoms with Crippen molar-refractivity contribution in [2.45, 2.75) is 8.42 Å². The van der Waals surface area contributed by atoms with E-state index in [4.69, 9.17) is 35.9 Å². The van der Waals surface area contributed by atoms with Gasteiger partial charge in [-0.05, 0) is 24.3 Å². The minimum atomic E-state index is 0.442. The maximum Gasteiger partial charge on any atom is 0.114 e. The Hall–Kier alpha value is -0.470. The van der Waals surface area contributed by atoms with Crippen LogP contribution in [0.25, 0.3) is 0 Å². The fraction of sp³-hybridized carbons (Fsp3) is 0. The summed E-state index contributed by atoms with van der Waals surface area (Å²) >= 11 is 14.7. The van der Waals surface area contributed by atoms with Crippen LogP contribution in [0.15, 0.2) is 32.7 Å². The fourth-order valence-corrected chi connectivity index (χ4v) is 4.72. The van der Waals surface area contributed by atoms with Gasteiger partial charge in [0.2, 0.25) is 0 Å². The first kappa shape index (κ1) is 13.0. The van der Waals surface area contributed by atoms with E-state index in [1.54, 1.807) is 34.4 Å². The van der Waals surface area contributed by atoms with Crippen LogP contribution < -0.4 is 11.5 Å². The highest BCUT2D eigenvalue weighted by Gasteiger charge is 2.07. The Labute approximate surface area is 122 Å². The lowest BCUT2D eigenvalue weighted by atomic mass is 10.5. The average Bonchev–Trinajstić information content (AvgIpc) is 2.87. The summed E-state index contributed by atoms with van der Waals surface area (Å²) in [6, 6.07) is 7.92. The molecule has 2 heterocycles. The van der Waals surface area contributed by atoms with Gasteiger partial charge in [0.25, 0.3) is 0 Å². The third-order valence-corrected chi connectivity index (χ3v) is 6.05. The Balaban J connectivity index is 2.13. The third-order valence-electron chi connectivity index (χ3n) is 1.85. The van der Waals surface area contributed by atoms with Crippen molar-refractivity contribution in [2.24, 2.45) is 11.5 Å². The van der Waals surface area contributed by atoms with Crippen LogP contribution in [-0.4, -0.2) is 9.98 Å². The lowest BCUT2D eigenvalue weighted by Crippen LogP contribution is -2.06. The molecule has 0 unspecified atom stereocenters. The summed E-state index contributed by atoms with van der Waals surface area (Å²) in [6.45, 7) is 0. The van der Waals surface area contributed by atoms with Crippen molar-refractivity contribution in [1.29, 1.82) is 0 Å². The van der Waals surface area contributed by atoms with Gasteiger partial charge in [-0.15, -0.1) is 22.7 Å². The summed E-state index contributed by atoms with van der Waals surface area (Å²) < 4.78 is 2.31. The molecule has 4 N–H and O–H groups in total. The van der Waals surface area contributed by atoms with Crippen LogP contribution in [0.3, 0.4) is 0 Å². The number of thiophene rings is 2. The van der Waals surface area contributed by atoms with Crippen molar-refractivity contribution in [3.63, 3.8) is 0 Å². The molecule has 2 rings (SSSR count). The zero-order valence-electron chi connectivity index (χ0n) is 8.51. The van der Waals surface area contributed by atoms with E-state index in [-0.39, 0.29) is 0 Å². The Morgan fingerprint density at radius 2 is 1.29 bits per heavy atom. The van der Waals surface area contributed by atoms with Gasteiger partial charge < -0.3 is 11.5 Å². The number of hydrogen-bond donors (Lipinski definition) is 2. The summed E-state index contributed by atoms with van der Waals surface area (Å²) in [7, 11) is 0. The van der Waals surface area contributed by atoms with E-state index in [2.05, 4.69) is 0 Å². The van der Waals surface area contributed by atoms with E-state index in [1.165, 1.54) is 0 Å². The van der Waals surface area contributed by atoms with Crippen LogP contribution in [0.4, 0.5) is 0 Å². The van der Waals surface area contributed by atoms with Gasteiger partial charge >= 0.3 is 0 Å². The molecular weight excluding hydrogens is 308 g/mol. The zero-order valence-corrected chi connectivity index (χ0v) is 12.6. The summed E-state index contributed by atoms with van der Waals surface area (Å²) in [4.78, 5) is 2.76. The average molecular weight is 317 g/mol. The van der Waals surface area contributed by atoms with E-state index in [0.717, 1.165) is 18.2 Å². The van der Waals surface area contributed by atoms with Gasteiger partial charge in [0.05, 0.1) is 18.2 Å². The second-order valence-electron chi connectivity index (χ2n) is 3.07. The van der Waals surface area contributed by atoms with Crippen LogP contribution in [-0.2, 0) is 0 Å². The van der Waals surface area contributed by atoms with Crippen molar-refractivity contribution in [2.75, 3.05) is 0 Å². The highest BCUT2D eigenvalue weighted by Crippen LogP contribution is 2.37. The summed E-state index contributed by atoms with van der Waals surface area (Å²) in [5.41, 5.74) is 11.1. The molecular formula is C10H8N2S5. The summed E-state index contributed by atoms with van der Waals surface area (Å²) in [5.74, 6) is 0. The zero-order chi connectivity index (χ0) is 12.4. The van der Waals surface area contributed by atoms with E-state index in [1.807, 2.05) is 24.3 Å². The fourth-order valence-electron chi connectivity index (χ4n) is 1.11. The SMILES string of the molecule is NC(=S)c1ccc(Sc2ccc(C(N)=S)s2)s1. The predicted molar refractivity (Wildman–Crippen MR) is 84.5 cm³/mol. The first-order chi connectivity index (χ1) is 8.06. The summed E-state index contributed by atoms with van der Waals surface area (Å²) in [6.07, 6.45) is 0. The Bertz CT molecular complexity index is 519. The quantitative estimate of drug-likeness (QED) is 0.848. The van der Waals surface area contributed by atoms with Crippen LogP contribution in [0.2, 0.25) is 0 Å². The van der Waals surface area contributed by atoms with Crippen molar-refractivity contribution in [3.05, 3.63) is 34.0 Å². The number of nitrogens with two attached hydrogens (primary N) is 2. The van der Waals surface area contributed by atoms with E-state index >= 15 is 0 Å². The number of thiocarbonyl (C=S) groups is 2. The number of rotatable bonds is 4. The predicted octanol–water partition coefficient (Wildman–Crippen LogP) is 3.23. The van der Waals surface area contributed by atoms with Gasteiger partial charge in [-0.25, -0.2) is 0 Å². The van der Waals surface area contributed by atoms with Gasteiger partial charge in [0.1, 0.15) is 9.98 Å². The largest absolute Gasteiger partial charge is 0.389 e. The molecule has 0 saturated carbocycles. The van der Waals surface area contributed by atoms with Crippen LogP contribution >= 0.6 is 58.9 Å². The van der Waals surface area contributed by atoms with Crippen LogP contribution in [0, 0.1) is 0 Å². The Morgan fingerprint density at radius 1 is 0.882 bits per heavy atom. The van der Waals surface area contributed by atoms with E-state index in [0.29, 0.717) is 9.98 Å². The molecule has 0 aliphatic rings. The van der Waals surface area contributed by atoms with Gasteiger partial charge in [-0.3, -0.25) is 0 Å². The normalized spacial score (nSPS) is 10.4. The molecule has 0 saturated heterocycles. The van der Waals surface area contributed by atoms with Gasteiger partial charge in [0.15, 0.2) is 0 Å². The molecule has 7 heteroatoms. The molecule has 0 aromatic carbocycles. The maximum absolute atomic E-state index is 5.57. The molecule has 0 amide bonds. The monoisotopic (exact) mass is 316 g/mol. The first-order valence-corrected chi connectivity index (χ1v) is 7.80. The third kappa shape index (κ3) is 3.26. The van der Waals surface area contributed by atoms with Gasteiger partial charge in [0, 0.05) is 0 Å². The van der Waals surface area contributed by atoms with Gasteiger partial charge in [-0.1, -0.05) is 36.2 Å². The van der Waals surface area contributed by atoms with Crippen molar-refractivity contribution >= 4 is 68.8 Å². The van der Waals surface area contributed by atoms with E-state index < -0.39 is 0 Å². The molecule has 2 aromatic heterocycles. The molecule has 0 fully saturated rings. The molecule has 0 aliphatic heterocycles. The molecule has 0 atom stereocenters. The van der Waals surface area contributed by atoms with Crippen LogP contribution in [0.5, 0.6) is 0 Å². The first-order valence-electron chi connectivity index (χ1n) is 4.53. The van der Waals surface area contributed by atoms with Crippen molar-refractivity contribution in [1.82, 2.24) is 0 Å². The van der Waals surface area contributed by atoms with E-state index in [9.17, 15) is 0 Å². The molecule has 0 bridgehead atoms. The molecule has 0 radical (unpaired) electrons. The molecule has 17 heavy (non-hydrogen) atoms. The van der Waals surface area contributed by atoms with Gasteiger partial charge in [-0.2, -0.15) is 0 Å². The lowest BCUT2D eigenvalue weighted by molar-refractivity contribution is 1.66. The van der Waals surface area contributed by atoms with Crippen molar-refractivity contribution < 1.29 is 0 Å². The Kier molecular flexibility index (Phi) is 4.16. The standard InChI is InChI=1S/C10H8N2S5/c11-9(13)5-1-3-7(15-5)17-8-4-2-6(16-8)10(12)14/h1-4H,(H2,11,13)(H2,12,14). The molecule has 0 aliphatic carbocycles. The second kappa shape index (κ2) is 5.45. The molecule has 2 nitrogen and oxygen atoms in total. The Morgan fingerprint density at radius 3 is 1.59 bits per heavy atom. The smallest absolute Gasteiger partial charge is 0.114 e. The molecule has 0 spiro atoms. The highest BCUT2D eigenvalue weighted by molar-refractivity contribution is 8.03. The molecule has 2 aromatic rings. The topological polar surface area (TPSA) is 52.0 Å². The number of hydrogen-bond acceptors (Lipinski definition) is 5. The lowest BCUT2D eigenvalue weighted by Gasteiger charge is -1.93. The minimum Gasteiger partial charge on any atom is -0.389 e. The van der Waals surface area contributed by atoms with Crippen molar-refractivity contribution in [3.8, 4) is 0 Å². The minimum absolute atomic E-state index is 0.442. The summed E-state index contributed by atoms with van der Waals surface area (Å²) in [5, 5.41) is 0. The van der Waals surface area contributed by atoms with Crippen LogP contribution in [0.1, 0.15) is 9.75 Å². The second-order valence-corrected chi connectivity index (χ2v) is 7.72. The molecule has 88 valence electrons.